The van der Waals surface area contributed by atoms with Crippen molar-refractivity contribution in [2.45, 2.75) is 26.2 Å². The Morgan fingerprint density at radius 1 is 1.37 bits per heavy atom. The number of hydrogen-bond acceptors (Lipinski definition) is 2. The Bertz CT molecular complexity index is 460. The van der Waals surface area contributed by atoms with Crippen molar-refractivity contribution in [3.05, 3.63) is 35.6 Å². The first kappa shape index (κ1) is 15.1. The molecule has 2 N–H and O–H groups in total. The summed E-state index contributed by atoms with van der Waals surface area (Å²) in [6.45, 7) is 4.34. The first-order valence-corrected chi connectivity index (χ1v) is 6.15. The highest BCUT2D eigenvalue weighted by atomic mass is 19.1. The third-order valence-corrected chi connectivity index (χ3v) is 2.63. The maximum Gasteiger partial charge on any atom is 0.304 e. The van der Waals surface area contributed by atoms with Gasteiger partial charge >= 0.3 is 5.97 Å². The van der Waals surface area contributed by atoms with Crippen molar-refractivity contribution in [2.75, 3.05) is 6.54 Å². The Labute approximate surface area is 111 Å². The number of halogens is 1. The van der Waals surface area contributed by atoms with Gasteiger partial charge in [0, 0.05) is 6.54 Å². The summed E-state index contributed by atoms with van der Waals surface area (Å²) in [6.07, 6.45) is -0.354. The lowest BCUT2D eigenvalue weighted by Gasteiger charge is -2.16. The number of carbonyl (C=O) groups excluding carboxylic acids is 1. The predicted octanol–water partition coefficient (Wildman–Crippen LogP) is 2.16. The fraction of sp³-hybridized carbons (Fsp3) is 0.429. The summed E-state index contributed by atoms with van der Waals surface area (Å²) in [7, 11) is 0. The van der Waals surface area contributed by atoms with Gasteiger partial charge in [-0.05, 0) is 23.6 Å². The standard InChI is InChI=1S/C14H18FNO3/c1-9(2)8-16-14(19)12(7-13(17)18)10-4-3-5-11(15)6-10/h3-6,9,12H,7-8H2,1-2H3,(H,16,19)(H,17,18). The monoisotopic (exact) mass is 267 g/mol. The highest BCUT2D eigenvalue weighted by Gasteiger charge is 2.23. The van der Waals surface area contributed by atoms with Gasteiger partial charge in [-0.3, -0.25) is 9.59 Å². The maximum atomic E-state index is 13.2. The third kappa shape index (κ3) is 5.07. The Balaban J connectivity index is 2.88. The Hall–Kier alpha value is -1.91. The van der Waals surface area contributed by atoms with E-state index in [1.807, 2.05) is 13.8 Å². The van der Waals surface area contributed by atoms with Crippen LogP contribution in [0.5, 0.6) is 0 Å². The van der Waals surface area contributed by atoms with Gasteiger partial charge in [0.25, 0.3) is 0 Å². The van der Waals surface area contributed by atoms with Gasteiger partial charge < -0.3 is 10.4 Å². The molecule has 19 heavy (non-hydrogen) atoms. The van der Waals surface area contributed by atoms with E-state index in [0.717, 1.165) is 0 Å². The van der Waals surface area contributed by atoms with Crippen molar-refractivity contribution in [3.63, 3.8) is 0 Å². The van der Waals surface area contributed by atoms with Crippen LogP contribution in [0.25, 0.3) is 0 Å². The molecule has 0 aliphatic heterocycles. The van der Waals surface area contributed by atoms with E-state index in [1.54, 1.807) is 6.07 Å². The number of rotatable bonds is 6. The summed E-state index contributed by atoms with van der Waals surface area (Å²) in [6, 6.07) is 5.48. The number of benzene rings is 1. The highest BCUT2D eigenvalue weighted by Crippen LogP contribution is 2.21. The Kier molecular flexibility index (Phi) is 5.48. The largest absolute Gasteiger partial charge is 0.481 e. The van der Waals surface area contributed by atoms with E-state index in [4.69, 9.17) is 5.11 Å². The van der Waals surface area contributed by atoms with Gasteiger partial charge in [-0.25, -0.2) is 4.39 Å². The topological polar surface area (TPSA) is 66.4 Å². The molecule has 0 aliphatic rings. The van der Waals surface area contributed by atoms with Crippen LogP contribution in [0.3, 0.4) is 0 Å². The summed E-state index contributed by atoms with van der Waals surface area (Å²) < 4.78 is 13.2. The molecule has 0 spiro atoms. The average Bonchev–Trinajstić information content (AvgIpc) is 2.32. The van der Waals surface area contributed by atoms with E-state index in [1.165, 1.54) is 18.2 Å². The number of carboxylic acids is 1. The second-order valence-corrected chi connectivity index (χ2v) is 4.84. The van der Waals surface area contributed by atoms with Gasteiger partial charge in [0.2, 0.25) is 5.91 Å². The molecule has 0 radical (unpaired) electrons. The molecule has 0 saturated heterocycles. The van der Waals surface area contributed by atoms with Crippen molar-refractivity contribution in [2.24, 2.45) is 5.92 Å². The number of hydrogen-bond donors (Lipinski definition) is 2. The summed E-state index contributed by atoms with van der Waals surface area (Å²) in [5.74, 6) is -2.56. The predicted molar refractivity (Wildman–Crippen MR) is 69.2 cm³/mol. The summed E-state index contributed by atoms with van der Waals surface area (Å²) >= 11 is 0. The molecule has 0 saturated carbocycles. The normalized spacial score (nSPS) is 12.2. The van der Waals surface area contributed by atoms with Crippen molar-refractivity contribution in [3.8, 4) is 0 Å². The van der Waals surface area contributed by atoms with Crippen LogP contribution in [-0.4, -0.2) is 23.5 Å². The van der Waals surface area contributed by atoms with Crippen LogP contribution >= 0.6 is 0 Å². The van der Waals surface area contributed by atoms with Crippen LogP contribution in [0, 0.1) is 11.7 Å². The van der Waals surface area contributed by atoms with Gasteiger partial charge in [0.15, 0.2) is 0 Å². The van der Waals surface area contributed by atoms with Crippen molar-refractivity contribution < 1.29 is 19.1 Å². The molecular formula is C14H18FNO3. The van der Waals surface area contributed by atoms with E-state index in [9.17, 15) is 14.0 Å². The quantitative estimate of drug-likeness (QED) is 0.830. The van der Waals surface area contributed by atoms with Gasteiger partial charge in [-0.2, -0.15) is 0 Å². The zero-order chi connectivity index (χ0) is 14.4. The third-order valence-electron chi connectivity index (χ3n) is 2.63. The summed E-state index contributed by atoms with van der Waals surface area (Å²) in [5, 5.41) is 11.5. The Morgan fingerprint density at radius 3 is 2.58 bits per heavy atom. The van der Waals surface area contributed by atoms with Gasteiger partial charge in [-0.15, -0.1) is 0 Å². The van der Waals surface area contributed by atoms with Crippen molar-refractivity contribution in [1.29, 1.82) is 0 Å². The van der Waals surface area contributed by atoms with E-state index in [-0.39, 0.29) is 18.2 Å². The molecular weight excluding hydrogens is 249 g/mol. The number of carbonyl (C=O) groups is 2. The average molecular weight is 267 g/mol. The van der Waals surface area contributed by atoms with Crippen LogP contribution < -0.4 is 5.32 Å². The minimum Gasteiger partial charge on any atom is -0.481 e. The van der Waals surface area contributed by atoms with E-state index < -0.39 is 17.7 Å². The molecule has 0 fully saturated rings. The molecule has 0 bridgehead atoms. The number of aliphatic carboxylic acids is 1. The van der Waals surface area contributed by atoms with Crippen LogP contribution in [0.4, 0.5) is 4.39 Å². The number of carboxylic acid groups (broad SMARTS) is 1. The molecule has 0 aromatic heterocycles. The first-order valence-electron chi connectivity index (χ1n) is 6.15. The summed E-state index contributed by atoms with van der Waals surface area (Å²) in [4.78, 5) is 22.8. The molecule has 1 aromatic carbocycles. The first-order chi connectivity index (χ1) is 8.90. The maximum absolute atomic E-state index is 13.2. The smallest absolute Gasteiger partial charge is 0.304 e. The molecule has 1 unspecified atom stereocenters. The van der Waals surface area contributed by atoms with Gasteiger partial charge in [0.1, 0.15) is 5.82 Å². The fourth-order valence-electron chi connectivity index (χ4n) is 1.69. The van der Waals surface area contributed by atoms with Crippen LogP contribution in [-0.2, 0) is 9.59 Å². The molecule has 1 atom stereocenters. The highest BCUT2D eigenvalue weighted by molar-refractivity contribution is 5.87. The van der Waals surface area contributed by atoms with E-state index in [2.05, 4.69) is 5.32 Å². The van der Waals surface area contributed by atoms with Crippen LogP contribution in [0.1, 0.15) is 31.7 Å². The van der Waals surface area contributed by atoms with Crippen molar-refractivity contribution >= 4 is 11.9 Å². The second kappa shape index (κ2) is 6.87. The molecule has 0 aliphatic carbocycles. The molecule has 5 heteroatoms. The van der Waals surface area contributed by atoms with Crippen molar-refractivity contribution in [1.82, 2.24) is 5.32 Å². The zero-order valence-corrected chi connectivity index (χ0v) is 11.0. The lowest BCUT2D eigenvalue weighted by atomic mass is 9.94. The SMILES string of the molecule is CC(C)CNC(=O)C(CC(=O)O)c1cccc(F)c1. The number of amides is 1. The van der Waals surface area contributed by atoms with Crippen LogP contribution in [0.2, 0.25) is 0 Å². The molecule has 0 heterocycles. The van der Waals surface area contributed by atoms with Gasteiger partial charge in [-0.1, -0.05) is 26.0 Å². The molecule has 4 nitrogen and oxygen atoms in total. The zero-order valence-electron chi connectivity index (χ0n) is 11.0. The minimum absolute atomic E-state index is 0.266. The lowest BCUT2D eigenvalue weighted by Crippen LogP contribution is -2.33. The fourth-order valence-corrected chi connectivity index (χ4v) is 1.69. The van der Waals surface area contributed by atoms with E-state index in [0.29, 0.717) is 12.1 Å². The van der Waals surface area contributed by atoms with E-state index >= 15 is 0 Å². The Morgan fingerprint density at radius 2 is 2.05 bits per heavy atom. The molecule has 104 valence electrons. The molecule has 1 rings (SSSR count). The summed E-state index contributed by atoms with van der Waals surface area (Å²) in [5.41, 5.74) is 0.378. The minimum atomic E-state index is -1.09. The molecule has 1 amide bonds. The second-order valence-electron chi connectivity index (χ2n) is 4.84. The van der Waals surface area contributed by atoms with Crippen LogP contribution in [0.15, 0.2) is 24.3 Å². The number of nitrogens with one attached hydrogen (secondary N) is 1. The van der Waals surface area contributed by atoms with Gasteiger partial charge in [0.05, 0.1) is 12.3 Å². The molecule has 1 aromatic rings. The lowest BCUT2D eigenvalue weighted by molar-refractivity contribution is -0.139.